The molecule has 0 saturated carbocycles. The average molecular weight is 423 g/mol. The van der Waals surface area contributed by atoms with Crippen molar-refractivity contribution in [2.45, 2.75) is 25.6 Å². The lowest BCUT2D eigenvalue weighted by atomic mass is 10.2. The summed E-state index contributed by atoms with van der Waals surface area (Å²) in [5.41, 5.74) is 0. The van der Waals surface area contributed by atoms with Crippen LogP contribution < -0.4 is 5.76 Å². The Kier molecular flexibility index (Phi) is 4.94. The van der Waals surface area contributed by atoms with Gasteiger partial charge >= 0.3 is 5.76 Å². The molecule has 9 nitrogen and oxygen atoms in total. The topological polar surface area (TPSA) is 116 Å². The van der Waals surface area contributed by atoms with E-state index in [1.54, 1.807) is 12.1 Å². The number of hydrogen-bond donors (Lipinski definition) is 0. The van der Waals surface area contributed by atoms with E-state index in [-0.39, 0.29) is 36.2 Å². The third-order valence-corrected chi connectivity index (χ3v) is 7.11. The molecule has 1 amide bonds. The summed E-state index contributed by atoms with van der Waals surface area (Å²) >= 11 is 1.48. The maximum atomic E-state index is 13.0. The average Bonchev–Trinajstić information content (AvgIpc) is 3.41. The molecule has 3 aromatic heterocycles. The summed E-state index contributed by atoms with van der Waals surface area (Å²) in [6.07, 6.45) is 1.80. The van der Waals surface area contributed by atoms with Crippen LogP contribution in [0.1, 0.15) is 11.3 Å². The number of furan rings is 1. The molecule has 4 rings (SSSR count). The van der Waals surface area contributed by atoms with E-state index in [0.717, 1.165) is 9.56 Å². The molecule has 1 aliphatic rings. The molecule has 11 heteroatoms. The number of sulfone groups is 1. The summed E-state index contributed by atoms with van der Waals surface area (Å²) in [6, 6.07) is 6.54. The molecular formula is C17H17N3O6S2. The van der Waals surface area contributed by atoms with E-state index in [0.29, 0.717) is 6.42 Å². The summed E-state index contributed by atoms with van der Waals surface area (Å²) in [5, 5.41) is 5.90. The molecule has 1 saturated heterocycles. The van der Waals surface area contributed by atoms with Crippen LogP contribution in [0.4, 0.5) is 0 Å². The van der Waals surface area contributed by atoms with Crippen molar-refractivity contribution in [2.75, 3.05) is 11.5 Å². The highest BCUT2D eigenvalue weighted by Crippen LogP contribution is 2.22. The van der Waals surface area contributed by atoms with Gasteiger partial charge in [0, 0.05) is 10.9 Å². The number of amides is 1. The van der Waals surface area contributed by atoms with Crippen LogP contribution in [0.2, 0.25) is 0 Å². The van der Waals surface area contributed by atoms with E-state index < -0.39 is 27.5 Å². The maximum absolute atomic E-state index is 13.0. The molecule has 0 spiro atoms. The van der Waals surface area contributed by atoms with Gasteiger partial charge in [0.1, 0.15) is 6.54 Å². The van der Waals surface area contributed by atoms with Crippen molar-refractivity contribution in [2.24, 2.45) is 0 Å². The van der Waals surface area contributed by atoms with Crippen LogP contribution in [0.5, 0.6) is 0 Å². The van der Waals surface area contributed by atoms with Gasteiger partial charge in [0.05, 0.1) is 24.3 Å². The molecule has 1 unspecified atom stereocenters. The molecular weight excluding hydrogens is 406 g/mol. The van der Waals surface area contributed by atoms with Crippen molar-refractivity contribution in [1.82, 2.24) is 14.7 Å². The van der Waals surface area contributed by atoms with E-state index in [1.807, 2.05) is 17.5 Å². The van der Waals surface area contributed by atoms with Crippen molar-refractivity contribution >= 4 is 27.1 Å². The molecule has 28 heavy (non-hydrogen) atoms. The Labute approximate surface area is 164 Å². The van der Waals surface area contributed by atoms with E-state index in [1.165, 1.54) is 22.5 Å². The summed E-state index contributed by atoms with van der Waals surface area (Å²) < 4.78 is 34.9. The SMILES string of the molecule is O=C(Cn1nc(-c2ccco2)oc1=O)N(Cc1cccs1)C1CCS(=O)(=O)C1. The van der Waals surface area contributed by atoms with Gasteiger partial charge in [-0.2, -0.15) is 4.68 Å². The number of carbonyl (C=O) groups excluding carboxylic acids is 1. The third-order valence-electron chi connectivity index (χ3n) is 4.50. The zero-order valence-corrected chi connectivity index (χ0v) is 16.3. The first-order valence-electron chi connectivity index (χ1n) is 8.55. The second-order valence-corrected chi connectivity index (χ2v) is 9.73. The van der Waals surface area contributed by atoms with Crippen molar-refractivity contribution in [3.63, 3.8) is 0 Å². The van der Waals surface area contributed by atoms with Crippen LogP contribution in [0.15, 0.2) is 49.5 Å². The van der Waals surface area contributed by atoms with Gasteiger partial charge in [-0.25, -0.2) is 13.2 Å². The van der Waals surface area contributed by atoms with Gasteiger partial charge in [-0.15, -0.1) is 16.4 Å². The van der Waals surface area contributed by atoms with Gasteiger partial charge in [0.2, 0.25) is 5.91 Å². The normalized spacial score (nSPS) is 18.4. The Bertz CT molecular complexity index is 1110. The lowest BCUT2D eigenvalue weighted by Crippen LogP contribution is -2.43. The Morgan fingerprint density at radius 1 is 1.36 bits per heavy atom. The van der Waals surface area contributed by atoms with Crippen LogP contribution in [0.3, 0.4) is 0 Å². The predicted octanol–water partition coefficient (Wildman–Crippen LogP) is 1.37. The first kappa shape index (κ1) is 18.7. The Morgan fingerprint density at radius 3 is 2.86 bits per heavy atom. The number of aromatic nitrogens is 2. The molecule has 1 atom stereocenters. The molecule has 0 aromatic carbocycles. The fourth-order valence-electron chi connectivity index (χ4n) is 3.14. The van der Waals surface area contributed by atoms with E-state index in [4.69, 9.17) is 8.83 Å². The first-order chi connectivity index (χ1) is 13.4. The summed E-state index contributed by atoms with van der Waals surface area (Å²) in [7, 11) is -3.16. The Hall–Kier alpha value is -2.66. The smallest absolute Gasteiger partial charge is 0.437 e. The van der Waals surface area contributed by atoms with Crippen LogP contribution in [0, 0.1) is 0 Å². The van der Waals surface area contributed by atoms with E-state index >= 15 is 0 Å². The van der Waals surface area contributed by atoms with Crippen LogP contribution in [0.25, 0.3) is 11.7 Å². The minimum Gasteiger partial charge on any atom is -0.459 e. The van der Waals surface area contributed by atoms with Gasteiger partial charge in [-0.05, 0) is 30.0 Å². The quantitative estimate of drug-likeness (QED) is 0.588. The van der Waals surface area contributed by atoms with Crippen LogP contribution in [-0.4, -0.2) is 46.6 Å². The van der Waals surface area contributed by atoms with Crippen LogP contribution >= 0.6 is 11.3 Å². The van der Waals surface area contributed by atoms with Crippen LogP contribution in [-0.2, 0) is 27.7 Å². The minimum atomic E-state index is -3.16. The zero-order valence-electron chi connectivity index (χ0n) is 14.7. The molecule has 0 radical (unpaired) electrons. The lowest BCUT2D eigenvalue weighted by Gasteiger charge is -2.27. The molecule has 4 heterocycles. The third kappa shape index (κ3) is 3.94. The molecule has 0 bridgehead atoms. The summed E-state index contributed by atoms with van der Waals surface area (Å²) in [5.74, 6) is -0.933. The Morgan fingerprint density at radius 2 is 2.21 bits per heavy atom. The number of rotatable bonds is 6. The summed E-state index contributed by atoms with van der Waals surface area (Å²) in [4.78, 5) is 27.5. The molecule has 148 valence electrons. The first-order valence-corrected chi connectivity index (χ1v) is 11.3. The number of nitrogens with zero attached hydrogens (tertiary/aromatic N) is 3. The monoisotopic (exact) mass is 423 g/mol. The highest BCUT2D eigenvalue weighted by Gasteiger charge is 2.35. The fraction of sp³-hybridized carbons (Fsp3) is 0.353. The van der Waals surface area contributed by atoms with Crippen molar-refractivity contribution in [3.8, 4) is 11.7 Å². The van der Waals surface area contributed by atoms with Crippen molar-refractivity contribution in [1.29, 1.82) is 0 Å². The van der Waals surface area contributed by atoms with E-state index in [9.17, 15) is 18.0 Å². The van der Waals surface area contributed by atoms with Crippen molar-refractivity contribution in [3.05, 3.63) is 51.3 Å². The number of hydrogen-bond acceptors (Lipinski definition) is 8. The molecule has 3 aromatic rings. The standard InChI is InChI=1S/C17H17N3O6S2/c21-15(10-20-17(22)26-16(18-20)14-4-1-6-25-14)19(9-13-3-2-7-27-13)12-5-8-28(23,24)11-12/h1-4,6-7,12H,5,8-11H2. The van der Waals surface area contributed by atoms with Gasteiger partial charge in [0.15, 0.2) is 15.6 Å². The van der Waals surface area contributed by atoms with Gasteiger partial charge in [0.25, 0.3) is 5.89 Å². The Balaban J connectivity index is 1.56. The highest BCUT2D eigenvalue weighted by atomic mass is 32.2. The maximum Gasteiger partial charge on any atom is 0.437 e. The number of thiophene rings is 1. The summed E-state index contributed by atoms with van der Waals surface area (Å²) in [6.45, 7) is -0.0563. The van der Waals surface area contributed by atoms with Crippen molar-refractivity contribution < 1.29 is 22.0 Å². The fourth-order valence-corrected chi connectivity index (χ4v) is 5.57. The van der Waals surface area contributed by atoms with Gasteiger partial charge in [-0.3, -0.25) is 4.79 Å². The molecule has 1 aliphatic heterocycles. The second-order valence-electron chi connectivity index (χ2n) is 6.47. The molecule has 0 N–H and O–H groups in total. The highest BCUT2D eigenvalue weighted by molar-refractivity contribution is 7.91. The van der Waals surface area contributed by atoms with Gasteiger partial charge in [-0.1, -0.05) is 6.07 Å². The second kappa shape index (κ2) is 7.40. The zero-order chi connectivity index (χ0) is 19.7. The molecule has 1 fully saturated rings. The van der Waals surface area contributed by atoms with Gasteiger partial charge < -0.3 is 13.7 Å². The lowest BCUT2D eigenvalue weighted by molar-refractivity contribution is -0.134. The molecule has 0 aliphatic carbocycles. The van der Waals surface area contributed by atoms with E-state index in [2.05, 4.69) is 5.10 Å². The minimum absolute atomic E-state index is 0.0175. The number of carbonyl (C=O) groups is 1. The predicted molar refractivity (Wildman–Crippen MR) is 100 cm³/mol. The largest absolute Gasteiger partial charge is 0.459 e.